The molecule has 0 amide bonds. The van der Waals surface area contributed by atoms with Crippen LogP contribution in [-0.2, 0) is 0 Å². The van der Waals surface area contributed by atoms with Gasteiger partial charge in [0, 0.05) is 57.5 Å². The van der Waals surface area contributed by atoms with Crippen molar-refractivity contribution >= 4 is 43.0 Å². The van der Waals surface area contributed by atoms with Crippen molar-refractivity contribution in [3.8, 4) is 11.1 Å². The molecule has 2 atom stereocenters. The standard InChI is InChI=1S/C22H15N3OS2/c26-22-21-15(13-2-1-7-23-11-13)12-28-20(21)5-8-25(22)18-10-14(18)16-3-4-19-17(24-16)6-9-27-19/h1-9,11-12,14,18H,10H2. The largest absolute Gasteiger partial charge is 0.311 e. The minimum Gasteiger partial charge on any atom is -0.311 e. The Balaban J connectivity index is 1.42. The highest BCUT2D eigenvalue weighted by Crippen LogP contribution is 2.50. The third kappa shape index (κ3) is 2.45. The quantitative estimate of drug-likeness (QED) is 0.403. The molecule has 0 spiro atoms. The molecule has 28 heavy (non-hydrogen) atoms. The van der Waals surface area contributed by atoms with E-state index < -0.39 is 0 Å². The molecule has 6 rings (SSSR count). The van der Waals surface area contributed by atoms with E-state index in [2.05, 4.69) is 40.0 Å². The molecular formula is C22H15N3OS2. The van der Waals surface area contributed by atoms with Gasteiger partial charge in [-0.05, 0) is 42.1 Å². The maximum absolute atomic E-state index is 13.3. The molecule has 5 aromatic heterocycles. The molecule has 1 aliphatic carbocycles. The fourth-order valence-electron chi connectivity index (χ4n) is 3.94. The Kier molecular flexibility index (Phi) is 3.51. The Morgan fingerprint density at radius 2 is 2.04 bits per heavy atom. The van der Waals surface area contributed by atoms with E-state index in [1.807, 2.05) is 29.1 Å². The van der Waals surface area contributed by atoms with E-state index in [-0.39, 0.29) is 11.6 Å². The fourth-order valence-corrected chi connectivity index (χ4v) is 5.62. The number of hydrogen-bond donors (Lipinski definition) is 0. The van der Waals surface area contributed by atoms with Crippen LogP contribution >= 0.6 is 22.7 Å². The predicted octanol–water partition coefficient (Wildman–Crippen LogP) is 5.46. The van der Waals surface area contributed by atoms with Gasteiger partial charge in [0.1, 0.15) is 0 Å². The zero-order valence-electron chi connectivity index (χ0n) is 14.8. The van der Waals surface area contributed by atoms with Gasteiger partial charge in [-0.3, -0.25) is 14.8 Å². The summed E-state index contributed by atoms with van der Waals surface area (Å²) in [6.45, 7) is 0. The lowest BCUT2D eigenvalue weighted by atomic mass is 10.1. The molecule has 5 heterocycles. The summed E-state index contributed by atoms with van der Waals surface area (Å²) in [6.07, 6.45) is 6.48. The molecule has 0 radical (unpaired) electrons. The zero-order valence-corrected chi connectivity index (χ0v) is 16.4. The molecule has 6 heteroatoms. The first-order chi connectivity index (χ1) is 13.8. The van der Waals surface area contributed by atoms with Crippen molar-refractivity contribution in [1.82, 2.24) is 14.5 Å². The third-order valence-electron chi connectivity index (χ3n) is 5.45. The van der Waals surface area contributed by atoms with Crippen LogP contribution in [-0.4, -0.2) is 14.5 Å². The molecule has 1 saturated carbocycles. The van der Waals surface area contributed by atoms with Crippen LogP contribution in [0.5, 0.6) is 0 Å². The molecule has 0 saturated heterocycles. The van der Waals surface area contributed by atoms with Crippen LogP contribution in [0.4, 0.5) is 0 Å². The second kappa shape index (κ2) is 6.09. The molecular weight excluding hydrogens is 386 g/mol. The van der Waals surface area contributed by atoms with E-state index in [0.29, 0.717) is 5.92 Å². The van der Waals surface area contributed by atoms with Crippen molar-refractivity contribution in [2.75, 3.05) is 0 Å². The normalized spacial score (nSPS) is 18.7. The first kappa shape index (κ1) is 16.2. The maximum Gasteiger partial charge on any atom is 0.260 e. The van der Waals surface area contributed by atoms with E-state index in [9.17, 15) is 4.79 Å². The highest BCUT2D eigenvalue weighted by Gasteiger charge is 2.41. The molecule has 1 aliphatic rings. The minimum absolute atomic E-state index is 0.0849. The van der Waals surface area contributed by atoms with Crippen molar-refractivity contribution < 1.29 is 0 Å². The van der Waals surface area contributed by atoms with Crippen LogP contribution in [0, 0.1) is 0 Å². The fraction of sp³-hybridized carbons (Fsp3) is 0.136. The van der Waals surface area contributed by atoms with Gasteiger partial charge in [0.15, 0.2) is 0 Å². The van der Waals surface area contributed by atoms with E-state index >= 15 is 0 Å². The third-order valence-corrected chi connectivity index (χ3v) is 7.27. The van der Waals surface area contributed by atoms with Gasteiger partial charge >= 0.3 is 0 Å². The van der Waals surface area contributed by atoms with Gasteiger partial charge in [-0.1, -0.05) is 6.07 Å². The maximum atomic E-state index is 13.3. The number of aromatic nitrogens is 3. The number of thiophene rings is 2. The summed E-state index contributed by atoms with van der Waals surface area (Å²) in [6, 6.07) is 12.5. The van der Waals surface area contributed by atoms with Crippen LogP contribution in [0.15, 0.2) is 70.5 Å². The first-order valence-corrected chi connectivity index (χ1v) is 10.9. The van der Waals surface area contributed by atoms with E-state index in [4.69, 9.17) is 4.98 Å². The lowest BCUT2D eigenvalue weighted by Crippen LogP contribution is -2.18. The van der Waals surface area contributed by atoms with Crippen LogP contribution in [0.3, 0.4) is 0 Å². The number of rotatable bonds is 3. The first-order valence-electron chi connectivity index (χ1n) is 9.16. The van der Waals surface area contributed by atoms with Gasteiger partial charge in [0.05, 0.1) is 15.6 Å². The summed E-state index contributed by atoms with van der Waals surface area (Å²) < 4.78 is 4.13. The molecule has 1 fully saturated rings. The average Bonchev–Trinajstić information content (AvgIpc) is 3.17. The molecule has 2 unspecified atom stereocenters. The summed E-state index contributed by atoms with van der Waals surface area (Å²) in [7, 11) is 0. The minimum atomic E-state index is 0.0849. The lowest BCUT2D eigenvalue weighted by molar-refractivity contribution is 0.689. The van der Waals surface area contributed by atoms with Gasteiger partial charge in [-0.2, -0.15) is 0 Å². The molecule has 136 valence electrons. The topological polar surface area (TPSA) is 47.8 Å². The van der Waals surface area contributed by atoms with Gasteiger partial charge < -0.3 is 4.57 Å². The van der Waals surface area contributed by atoms with E-state index in [1.165, 1.54) is 4.70 Å². The summed E-state index contributed by atoms with van der Waals surface area (Å²) in [4.78, 5) is 22.4. The smallest absolute Gasteiger partial charge is 0.260 e. The zero-order chi connectivity index (χ0) is 18.7. The summed E-state index contributed by atoms with van der Waals surface area (Å²) >= 11 is 3.32. The molecule has 0 N–H and O–H groups in total. The Morgan fingerprint density at radius 3 is 2.93 bits per heavy atom. The van der Waals surface area contributed by atoms with Gasteiger partial charge in [0.25, 0.3) is 5.56 Å². The lowest BCUT2D eigenvalue weighted by Gasteiger charge is -2.07. The summed E-state index contributed by atoms with van der Waals surface area (Å²) in [5.41, 5.74) is 4.18. The molecule has 0 aliphatic heterocycles. The van der Waals surface area contributed by atoms with E-state index in [1.54, 1.807) is 28.9 Å². The Labute approximate surface area is 168 Å². The van der Waals surface area contributed by atoms with Crippen LogP contribution in [0.2, 0.25) is 0 Å². The second-order valence-electron chi connectivity index (χ2n) is 7.11. The van der Waals surface area contributed by atoms with Gasteiger partial charge in [-0.25, -0.2) is 0 Å². The van der Waals surface area contributed by atoms with Crippen molar-refractivity contribution in [2.24, 2.45) is 0 Å². The van der Waals surface area contributed by atoms with Crippen LogP contribution < -0.4 is 5.56 Å². The number of pyridine rings is 3. The Hall–Kier alpha value is -2.83. The average molecular weight is 402 g/mol. The number of fused-ring (bicyclic) bond motifs is 2. The second-order valence-corrected chi connectivity index (χ2v) is 8.97. The van der Waals surface area contributed by atoms with Crippen LogP contribution in [0.25, 0.3) is 31.4 Å². The highest BCUT2D eigenvalue weighted by molar-refractivity contribution is 7.17. The van der Waals surface area contributed by atoms with Crippen molar-refractivity contribution in [2.45, 2.75) is 18.4 Å². The molecule has 0 aromatic carbocycles. The number of hydrogen-bond acceptors (Lipinski definition) is 5. The summed E-state index contributed by atoms with van der Waals surface area (Å²) in [5.74, 6) is 0.305. The van der Waals surface area contributed by atoms with Crippen LogP contribution in [0.1, 0.15) is 24.1 Å². The summed E-state index contributed by atoms with van der Waals surface area (Å²) in [5, 5.41) is 4.93. The highest BCUT2D eigenvalue weighted by atomic mass is 32.1. The molecule has 5 aromatic rings. The number of nitrogens with zero attached hydrogens (tertiary/aromatic N) is 3. The molecule has 4 nitrogen and oxygen atoms in total. The predicted molar refractivity (Wildman–Crippen MR) is 115 cm³/mol. The Morgan fingerprint density at radius 1 is 1.07 bits per heavy atom. The van der Waals surface area contributed by atoms with E-state index in [0.717, 1.165) is 38.8 Å². The Bertz CT molecular complexity index is 1380. The van der Waals surface area contributed by atoms with Crippen molar-refractivity contribution in [1.29, 1.82) is 0 Å². The monoisotopic (exact) mass is 401 g/mol. The van der Waals surface area contributed by atoms with Crippen molar-refractivity contribution in [3.63, 3.8) is 0 Å². The SMILES string of the molecule is O=c1c2c(-c3cccnc3)csc2ccn1C1CC1c1ccc2sccc2n1. The van der Waals surface area contributed by atoms with Crippen molar-refractivity contribution in [3.05, 3.63) is 81.8 Å². The van der Waals surface area contributed by atoms with Gasteiger partial charge in [-0.15, -0.1) is 22.7 Å². The molecule has 0 bridgehead atoms. The van der Waals surface area contributed by atoms with Gasteiger partial charge in [0.2, 0.25) is 0 Å².